The zero-order chi connectivity index (χ0) is 44.0. The Kier molecular flexibility index (Phi) is 33.7. The maximum Gasteiger partial charge on any atom is 0.410 e. The minimum absolute atomic E-state index is 0.108. The van der Waals surface area contributed by atoms with Crippen LogP contribution in [0.4, 0.5) is 21.0 Å². The molecule has 1 aliphatic heterocycles. The molecule has 0 aliphatic carbocycles. The molecule has 1 atom stereocenters. The lowest BCUT2D eigenvalue weighted by atomic mass is 10.1. The molecular formula is C48H66N4O6. The van der Waals surface area contributed by atoms with E-state index >= 15 is 0 Å². The molecule has 3 N–H and O–H groups in total. The number of nitrogens with one attached hydrogen (secondary N) is 1. The SMILES string of the molecule is C#C.C=O.CC.CCOC(=O)N(CC=O)CC(C)C.CNc1ccc(/C=C/c2ccc(N)cc2)cc1.C[C@@H]1CCCN1C(=O)OCc1ccccc1.c1ccccc1. The van der Waals surface area contributed by atoms with Crippen molar-refractivity contribution >= 4 is 48.8 Å². The van der Waals surface area contributed by atoms with Crippen LogP contribution < -0.4 is 11.1 Å². The maximum absolute atomic E-state index is 11.7. The number of nitrogens with zero attached hydrogens (tertiary/aromatic N) is 2. The molecule has 314 valence electrons. The Bertz CT molecular complexity index is 1600. The first-order valence-corrected chi connectivity index (χ1v) is 19.4. The molecule has 0 aromatic heterocycles. The molecule has 10 heteroatoms. The number of terminal acetylenes is 1. The number of anilines is 2. The Labute approximate surface area is 348 Å². The number of hydrogen-bond acceptors (Lipinski definition) is 8. The van der Waals surface area contributed by atoms with E-state index in [1.807, 2.05) is 137 Å². The van der Waals surface area contributed by atoms with Crippen LogP contribution in [0.3, 0.4) is 0 Å². The van der Waals surface area contributed by atoms with Crippen LogP contribution in [0.25, 0.3) is 12.2 Å². The highest BCUT2D eigenvalue weighted by molar-refractivity contribution is 5.72. The fourth-order valence-electron chi connectivity index (χ4n) is 4.92. The molecule has 1 fully saturated rings. The lowest BCUT2D eigenvalue weighted by molar-refractivity contribution is -0.108. The third-order valence-corrected chi connectivity index (χ3v) is 7.67. The van der Waals surface area contributed by atoms with Gasteiger partial charge in [-0.05, 0) is 73.6 Å². The van der Waals surface area contributed by atoms with Gasteiger partial charge in [0.1, 0.15) is 19.7 Å². The van der Waals surface area contributed by atoms with Gasteiger partial charge in [0.05, 0.1) is 13.2 Å². The van der Waals surface area contributed by atoms with E-state index in [4.69, 9.17) is 20.0 Å². The van der Waals surface area contributed by atoms with Crippen LogP contribution in [0.15, 0.2) is 115 Å². The van der Waals surface area contributed by atoms with Crippen molar-refractivity contribution in [1.29, 1.82) is 0 Å². The van der Waals surface area contributed by atoms with Gasteiger partial charge >= 0.3 is 12.2 Å². The zero-order valence-electron chi connectivity index (χ0n) is 35.6. The molecule has 1 aliphatic rings. The molecule has 0 saturated carbocycles. The second-order valence-electron chi connectivity index (χ2n) is 12.4. The fraction of sp³-hybridized carbons (Fsp3) is 0.333. The van der Waals surface area contributed by atoms with Crippen LogP contribution >= 0.6 is 0 Å². The Balaban J connectivity index is 0. The highest BCUT2D eigenvalue weighted by Crippen LogP contribution is 2.18. The number of benzene rings is 4. The molecule has 5 rings (SSSR count). The summed E-state index contributed by atoms with van der Waals surface area (Å²) in [6, 6.07) is 38.2. The number of aldehydes is 1. The summed E-state index contributed by atoms with van der Waals surface area (Å²) in [7, 11) is 1.92. The van der Waals surface area contributed by atoms with E-state index in [0.717, 1.165) is 41.9 Å². The van der Waals surface area contributed by atoms with Crippen molar-refractivity contribution in [3.63, 3.8) is 0 Å². The van der Waals surface area contributed by atoms with Crippen LogP contribution in [-0.2, 0) is 25.7 Å². The van der Waals surface area contributed by atoms with E-state index in [9.17, 15) is 14.4 Å². The number of nitrogen functional groups attached to an aromatic ring is 1. The second kappa shape index (κ2) is 36.3. The average molecular weight is 795 g/mol. The second-order valence-corrected chi connectivity index (χ2v) is 12.4. The molecule has 0 radical (unpaired) electrons. The number of carbonyl (C=O) groups excluding carboxylic acids is 4. The van der Waals surface area contributed by atoms with Crippen molar-refractivity contribution in [2.75, 3.05) is 44.3 Å². The van der Waals surface area contributed by atoms with Gasteiger partial charge in [0.25, 0.3) is 0 Å². The van der Waals surface area contributed by atoms with E-state index < -0.39 is 6.09 Å². The van der Waals surface area contributed by atoms with Crippen molar-refractivity contribution in [1.82, 2.24) is 9.80 Å². The lowest BCUT2D eigenvalue weighted by Gasteiger charge is -2.20. The van der Waals surface area contributed by atoms with Gasteiger partial charge in [-0.25, -0.2) is 9.59 Å². The maximum atomic E-state index is 11.7. The van der Waals surface area contributed by atoms with Crippen LogP contribution in [0.1, 0.15) is 71.1 Å². The van der Waals surface area contributed by atoms with Crippen LogP contribution in [0.5, 0.6) is 0 Å². The Morgan fingerprint density at radius 2 is 1.34 bits per heavy atom. The van der Waals surface area contributed by atoms with Gasteiger partial charge in [0.2, 0.25) is 0 Å². The van der Waals surface area contributed by atoms with Crippen molar-refractivity contribution in [2.24, 2.45) is 5.92 Å². The van der Waals surface area contributed by atoms with Gasteiger partial charge in [-0.2, -0.15) is 0 Å². The molecule has 10 nitrogen and oxygen atoms in total. The molecule has 4 aromatic carbocycles. The van der Waals surface area contributed by atoms with Crippen LogP contribution in [0.2, 0.25) is 0 Å². The molecule has 1 saturated heterocycles. The zero-order valence-corrected chi connectivity index (χ0v) is 35.6. The molecule has 1 heterocycles. The van der Waals surface area contributed by atoms with Gasteiger partial charge in [-0.3, -0.25) is 0 Å². The Morgan fingerprint density at radius 1 is 0.862 bits per heavy atom. The fourth-order valence-corrected chi connectivity index (χ4v) is 4.92. The quantitative estimate of drug-likeness (QED) is 0.0702. The summed E-state index contributed by atoms with van der Waals surface area (Å²) in [5.74, 6) is 0.337. The van der Waals surface area contributed by atoms with Gasteiger partial charge in [0, 0.05) is 37.6 Å². The van der Waals surface area contributed by atoms with Crippen LogP contribution in [-0.4, -0.2) is 74.4 Å². The predicted octanol–water partition coefficient (Wildman–Crippen LogP) is 10.4. The summed E-state index contributed by atoms with van der Waals surface area (Å²) in [5, 5.41) is 3.10. The van der Waals surface area contributed by atoms with Gasteiger partial charge in [-0.1, -0.05) is 131 Å². The predicted molar refractivity (Wildman–Crippen MR) is 242 cm³/mol. The number of likely N-dealkylation sites (tertiary alicyclic amines) is 1. The molecule has 2 amide bonds. The Hall–Kier alpha value is -6.34. The summed E-state index contributed by atoms with van der Waals surface area (Å²) in [6.45, 7) is 16.0. The third-order valence-electron chi connectivity index (χ3n) is 7.67. The minimum atomic E-state index is -0.414. The average Bonchev–Trinajstić information content (AvgIpc) is 3.72. The first-order valence-electron chi connectivity index (χ1n) is 19.4. The number of ether oxygens (including phenoxy) is 2. The normalized spacial score (nSPS) is 11.8. The highest BCUT2D eigenvalue weighted by atomic mass is 16.6. The first kappa shape index (κ1) is 53.8. The van der Waals surface area contributed by atoms with Crippen LogP contribution in [0, 0.1) is 18.8 Å². The molecule has 4 aromatic rings. The number of hydrogen-bond donors (Lipinski definition) is 2. The summed E-state index contributed by atoms with van der Waals surface area (Å²) >= 11 is 0. The van der Waals surface area contributed by atoms with Gasteiger partial charge in [0.15, 0.2) is 0 Å². The van der Waals surface area contributed by atoms with E-state index in [1.54, 1.807) is 6.92 Å². The summed E-state index contributed by atoms with van der Waals surface area (Å²) in [5.41, 5.74) is 10.9. The summed E-state index contributed by atoms with van der Waals surface area (Å²) in [6.07, 6.45) is 14.4. The van der Waals surface area contributed by atoms with E-state index in [2.05, 4.69) is 61.5 Å². The van der Waals surface area contributed by atoms with Crippen molar-refractivity contribution in [3.8, 4) is 12.8 Å². The van der Waals surface area contributed by atoms with Gasteiger partial charge in [-0.15, -0.1) is 12.8 Å². The minimum Gasteiger partial charge on any atom is -0.450 e. The Morgan fingerprint density at radius 3 is 1.76 bits per heavy atom. The number of rotatable bonds is 10. The number of nitrogens with two attached hydrogens (primary N) is 1. The highest BCUT2D eigenvalue weighted by Gasteiger charge is 2.26. The number of amides is 2. The molecular weight excluding hydrogens is 729 g/mol. The largest absolute Gasteiger partial charge is 0.450 e. The third kappa shape index (κ3) is 25.7. The summed E-state index contributed by atoms with van der Waals surface area (Å²) < 4.78 is 10.1. The summed E-state index contributed by atoms with van der Waals surface area (Å²) in [4.78, 5) is 44.4. The molecule has 0 unspecified atom stereocenters. The van der Waals surface area contributed by atoms with Gasteiger partial charge < -0.3 is 39.9 Å². The monoisotopic (exact) mass is 794 g/mol. The van der Waals surface area contributed by atoms with E-state index in [-0.39, 0.29) is 12.6 Å². The molecule has 0 spiro atoms. The van der Waals surface area contributed by atoms with E-state index in [1.165, 1.54) is 10.5 Å². The smallest absolute Gasteiger partial charge is 0.410 e. The van der Waals surface area contributed by atoms with Crippen molar-refractivity contribution < 1.29 is 28.7 Å². The lowest BCUT2D eigenvalue weighted by Crippen LogP contribution is -2.36. The number of carbonyl (C=O) groups is 4. The topological polar surface area (TPSA) is 131 Å². The standard InChI is InChI=1S/C15H16N2.C13H17NO2.C9H17NO3.C6H6.C2H6.C2H2.CH2O/c1-17-15-10-6-13(7-11-15)3-2-12-4-8-14(16)9-5-12;1-11-6-5-9-14(11)13(15)16-10-12-7-3-2-4-8-12;1-4-13-9(12)10(5-6-11)7-8(2)3;1-2-4-6-5-3-1;3*1-2/h2-11,17H,16H2,1H3;2-4,7-8,11H,5-6,9-10H2,1H3;6,8H,4-5,7H2,1-3H3;1-6H;1-2H3;1-2H;1H2/b3-2+;;;;;;/t;11-;;;;;/m.1...../s1. The molecule has 0 bridgehead atoms. The van der Waals surface area contributed by atoms with Crippen molar-refractivity contribution in [3.05, 3.63) is 132 Å². The molecule has 58 heavy (non-hydrogen) atoms. The van der Waals surface area contributed by atoms with E-state index in [0.29, 0.717) is 38.0 Å². The first-order chi connectivity index (χ1) is 28.2. The van der Waals surface area contributed by atoms with Crippen molar-refractivity contribution in [2.45, 2.75) is 67.0 Å².